The predicted octanol–water partition coefficient (Wildman–Crippen LogP) is 7.41. The number of aromatic nitrogens is 3. The van der Waals surface area contributed by atoms with Gasteiger partial charge in [-0.15, -0.1) is 5.10 Å². The topological polar surface area (TPSA) is 167 Å². The van der Waals surface area contributed by atoms with Gasteiger partial charge in [-0.3, -0.25) is 19.3 Å². The summed E-state index contributed by atoms with van der Waals surface area (Å²) in [4.78, 5) is 62.8. The Balaban J connectivity index is 1.20. The number of amides is 3. The summed E-state index contributed by atoms with van der Waals surface area (Å²) in [6, 6.07) is 41.5. The molecule has 4 heterocycles. The van der Waals surface area contributed by atoms with E-state index in [0.29, 0.717) is 27.8 Å². The summed E-state index contributed by atoms with van der Waals surface area (Å²) in [5, 5.41) is 33.7. The van der Waals surface area contributed by atoms with Gasteiger partial charge in [-0.1, -0.05) is 132 Å². The molecule has 2 saturated heterocycles. The molecule has 3 N–H and O–H groups in total. The average molecular weight is 849 g/mol. The number of fused-ring (bicyclic) bond motifs is 4. The van der Waals surface area contributed by atoms with Crippen LogP contribution in [0.15, 0.2) is 158 Å². The molecule has 3 aliphatic rings. The summed E-state index contributed by atoms with van der Waals surface area (Å²) >= 11 is 0. The van der Waals surface area contributed by atoms with E-state index in [-0.39, 0.29) is 23.5 Å². The zero-order valence-corrected chi connectivity index (χ0v) is 34.4. The first-order chi connectivity index (χ1) is 31.2. The van der Waals surface area contributed by atoms with Crippen LogP contribution in [0, 0.1) is 17.8 Å². The van der Waals surface area contributed by atoms with Gasteiger partial charge in [0, 0.05) is 5.56 Å². The van der Waals surface area contributed by atoms with E-state index in [2.05, 4.69) is 27.5 Å². The maximum atomic E-state index is 16.1. The number of phenolic OH excluding ortho intramolecular Hbond substituents is 1. The molecule has 7 aromatic rings. The first-order valence-corrected chi connectivity index (χ1v) is 20.9. The van der Waals surface area contributed by atoms with Gasteiger partial charge < -0.3 is 20.3 Å². The standard InChI is InChI=1S/C51H40N6O7/c1-31(33-15-5-2-6-16-33)52-50(63)56-40-28-23-32(14-13-29-55-41-22-12-11-21-39(41)53-54-55)30-38(40)51(49(56)62)42(47(59)60)44-48(61)64-45(35-19-9-4-10-20-35)43(34-17-7-3-8-18-34)57(44)46(51)36-24-26-37(58)27-25-36/h2-12,15-28,30-31,42-46,58H,29H2,1H3,(H,52,63)(H,59,60). The highest BCUT2D eigenvalue weighted by molar-refractivity contribution is 6.24. The van der Waals surface area contributed by atoms with Crippen LogP contribution in [0.5, 0.6) is 5.75 Å². The molecule has 1 aromatic heterocycles. The van der Waals surface area contributed by atoms with E-state index in [1.807, 2.05) is 115 Å². The van der Waals surface area contributed by atoms with Crippen molar-refractivity contribution >= 4 is 40.6 Å². The number of cyclic esters (lactones) is 1. The first kappa shape index (κ1) is 40.0. The first-order valence-electron chi connectivity index (χ1n) is 20.9. The average Bonchev–Trinajstić information content (AvgIpc) is 3.96. The lowest BCUT2D eigenvalue weighted by Gasteiger charge is -2.46. The highest BCUT2D eigenvalue weighted by Gasteiger charge is 2.76. The summed E-state index contributed by atoms with van der Waals surface area (Å²) in [6.45, 7) is 1.96. The number of hydrogen-bond acceptors (Lipinski definition) is 9. The maximum absolute atomic E-state index is 16.1. The zero-order chi connectivity index (χ0) is 44.1. The Hall–Kier alpha value is -8.08. The number of esters is 1. The van der Waals surface area contributed by atoms with Crippen molar-refractivity contribution in [1.82, 2.24) is 25.2 Å². The smallest absolute Gasteiger partial charge is 0.329 e. The lowest BCUT2D eigenvalue weighted by atomic mass is 9.65. The van der Waals surface area contributed by atoms with Crippen LogP contribution >= 0.6 is 0 Å². The van der Waals surface area contributed by atoms with E-state index in [1.165, 1.54) is 12.1 Å². The number of nitrogens with one attached hydrogen (secondary N) is 1. The molecule has 1 spiro atoms. The molecule has 0 bridgehead atoms. The molecule has 6 aromatic carbocycles. The number of para-hydroxylation sites is 1. The second-order valence-corrected chi connectivity index (χ2v) is 16.2. The number of carbonyl (C=O) groups excluding carboxylic acids is 3. The number of nitrogens with zero attached hydrogens (tertiary/aromatic N) is 5. The minimum absolute atomic E-state index is 0.0614. The second kappa shape index (κ2) is 16.0. The lowest BCUT2D eigenvalue weighted by Crippen LogP contribution is -2.54. The fourth-order valence-electron chi connectivity index (χ4n) is 9.95. The van der Waals surface area contributed by atoms with Gasteiger partial charge in [0.25, 0.3) is 0 Å². The Kier molecular flexibility index (Phi) is 10.0. The minimum atomic E-state index is -2.15. The quantitative estimate of drug-likeness (QED) is 0.109. The maximum Gasteiger partial charge on any atom is 0.329 e. The van der Waals surface area contributed by atoms with Gasteiger partial charge in [-0.25, -0.2) is 14.4 Å². The normalized spacial score (nSPS) is 22.9. The van der Waals surface area contributed by atoms with Gasteiger partial charge >= 0.3 is 18.0 Å². The van der Waals surface area contributed by atoms with Gasteiger partial charge in [0.1, 0.15) is 41.3 Å². The fraction of sp³-hybridized carbons (Fsp3) is 0.176. The highest BCUT2D eigenvalue weighted by atomic mass is 16.6. The second-order valence-electron chi connectivity index (χ2n) is 16.2. The number of carboxylic acids is 1. The van der Waals surface area contributed by atoms with Crippen LogP contribution < -0.4 is 10.2 Å². The van der Waals surface area contributed by atoms with Crippen molar-refractivity contribution in [1.29, 1.82) is 0 Å². The SMILES string of the molecule is CC(NC(=O)N1C(=O)C2(c3cc(C#CCn4nnc5ccccc54)ccc31)C(C(=O)O)C1C(=O)OC(c3ccccc3)C(c3ccccc3)N1C2c1ccc(O)cc1)c1ccccc1. The molecular weight excluding hydrogens is 809 g/mol. The summed E-state index contributed by atoms with van der Waals surface area (Å²) in [7, 11) is 0. The van der Waals surface area contributed by atoms with E-state index < -0.39 is 65.5 Å². The number of aromatic hydroxyl groups is 1. The van der Waals surface area contributed by atoms with Crippen LogP contribution in [0.25, 0.3) is 11.0 Å². The summed E-state index contributed by atoms with van der Waals surface area (Å²) in [5.74, 6) is 1.37. The van der Waals surface area contributed by atoms with Crippen LogP contribution in [-0.2, 0) is 31.1 Å². The Morgan fingerprint density at radius 3 is 2.16 bits per heavy atom. The van der Waals surface area contributed by atoms with Crippen LogP contribution in [0.2, 0.25) is 0 Å². The van der Waals surface area contributed by atoms with Crippen LogP contribution in [0.3, 0.4) is 0 Å². The Labute approximate surface area is 367 Å². The van der Waals surface area contributed by atoms with E-state index in [1.54, 1.807) is 46.8 Å². The third kappa shape index (κ3) is 6.46. The Morgan fingerprint density at radius 1 is 0.797 bits per heavy atom. The van der Waals surface area contributed by atoms with Crippen molar-refractivity contribution in [3.8, 4) is 17.6 Å². The Bertz CT molecular complexity index is 3010. The molecule has 7 unspecified atom stereocenters. The van der Waals surface area contributed by atoms with Crippen molar-refractivity contribution in [3.63, 3.8) is 0 Å². The number of urea groups is 1. The van der Waals surface area contributed by atoms with Crippen LogP contribution in [-0.4, -0.2) is 60.0 Å². The molecule has 2 fully saturated rings. The number of phenols is 1. The number of morpholine rings is 1. The molecule has 0 aliphatic carbocycles. The van der Waals surface area contributed by atoms with Crippen molar-refractivity contribution in [3.05, 3.63) is 191 Å². The van der Waals surface area contributed by atoms with Gasteiger partial charge in [0.05, 0.1) is 29.3 Å². The highest BCUT2D eigenvalue weighted by Crippen LogP contribution is 2.66. The number of carbonyl (C=O) groups is 4. The molecule has 13 heteroatoms. The monoisotopic (exact) mass is 848 g/mol. The number of anilines is 1. The number of aliphatic carboxylic acids is 1. The van der Waals surface area contributed by atoms with Crippen LogP contribution in [0.4, 0.5) is 10.5 Å². The lowest BCUT2D eigenvalue weighted by molar-refractivity contribution is -0.179. The minimum Gasteiger partial charge on any atom is -0.508 e. The van der Waals surface area contributed by atoms with Crippen molar-refractivity contribution in [2.45, 2.75) is 49.2 Å². The van der Waals surface area contributed by atoms with E-state index >= 15 is 4.79 Å². The van der Waals surface area contributed by atoms with Gasteiger partial charge in [0.15, 0.2) is 0 Å². The molecule has 3 aliphatic heterocycles. The predicted molar refractivity (Wildman–Crippen MR) is 235 cm³/mol. The summed E-state index contributed by atoms with van der Waals surface area (Å²) < 4.78 is 8.02. The third-order valence-electron chi connectivity index (χ3n) is 12.7. The molecule has 0 radical (unpaired) electrons. The zero-order valence-electron chi connectivity index (χ0n) is 34.4. The molecule has 13 nitrogen and oxygen atoms in total. The number of carboxylic acid groups (broad SMARTS) is 1. The number of rotatable bonds is 7. The molecule has 7 atom stereocenters. The number of hydrogen-bond donors (Lipinski definition) is 3. The van der Waals surface area contributed by atoms with Crippen LogP contribution in [0.1, 0.15) is 64.5 Å². The molecule has 3 amide bonds. The molecular formula is C51H40N6O7. The van der Waals surface area contributed by atoms with Gasteiger partial charge in [-0.05, 0) is 77.2 Å². The number of benzene rings is 6. The Morgan fingerprint density at radius 2 is 1.45 bits per heavy atom. The number of ether oxygens (including phenoxy) is 1. The molecule has 0 saturated carbocycles. The third-order valence-corrected chi connectivity index (χ3v) is 12.7. The van der Waals surface area contributed by atoms with E-state index in [0.717, 1.165) is 16.0 Å². The van der Waals surface area contributed by atoms with Gasteiger partial charge in [0.2, 0.25) is 5.91 Å². The fourth-order valence-corrected chi connectivity index (χ4v) is 9.95. The molecule has 64 heavy (non-hydrogen) atoms. The summed E-state index contributed by atoms with van der Waals surface area (Å²) in [5.41, 5.74) is 2.72. The largest absolute Gasteiger partial charge is 0.508 e. The summed E-state index contributed by atoms with van der Waals surface area (Å²) in [6.07, 6.45) is -0.941. The van der Waals surface area contributed by atoms with Crippen molar-refractivity contribution in [2.24, 2.45) is 5.92 Å². The van der Waals surface area contributed by atoms with E-state index in [9.17, 15) is 24.6 Å². The van der Waals surface area contributed by atoms with E-state index in [4.69, 9.17) is 4.74 Å². The van der Waals surface area contributed by atoms with Gasteiger partial charge in [-0.2, -0.15) is 0 Å². The van der Waals surface area contributed by atoms with Crippen molar-refractivity contribution in [2.75, 3.05) is 4.90 Å². The molecule has 316 valence electrons. The molecule has 10 rings (SSSR count). The van der Waals surface area contributed by atoms with Crippen molar-refractivity contribution < 1.29 is 34.1 Å². The number of imide groups is 1.